The van der Waals surface area contributed by atoms with Gasteiger partial charge in [0.15, 0.2) is 5.78 Å². The lowest BCUT2D eigenvalue weighted by Gasteiger charge is -2.22. The van der Waals surface area contributed by atoms with E-state index in [4.69, 9.17) is 9.30 Å². The van der Waals surface area contributed by atoms with Crippen molar-refractivity contribution in [2.75, 3.05) is 6.61 Å². The molecule has 4 nitrogen and oxygen atoms in total. The first kappa shape index (κ1) is 22.6. The minimum Gasteiger partial charge on any atom is -0.465 e. The summed E-state index contributed by atoms with van der Waals surface area (Å²) >= 11 is 0. The number of ether oxygens (including phenoxy) is 1. The Bertz CT molecular complexity index is 597. The first-order valence-electron chi connectivity index (χ1n) is 9.53. The fraction of sp³-hybridized carbons (Fsp3) is 0.619. The van der Waals surface area contributed by atoms with Gasteiger partial charge in [-0.25, -0.2) is 0 Å². The molecule has 0 N–H and O–H groups in total. The standard InChI is InChI=1S/C21H30O3.H3OP/c1-5-6-11-24-21(23)19(17-9-7-8-10-17)20(22)18-15(3)12-14(2)13-16(18)4;1-2/h12-13,17,19H,5-11H2,1-4H3;2H3. The second kappa shape index (κ2) is 11.3. The van der Waals surface area contributed by atoms with Gasteiger partial charge in [-0.15, -0.1) is 0 Å². The molecule has 5 heteroatoms. The predicted octanol–water partition coefficient (Wildman–Crippen LogP) is 4.88. The van der Waals surface area contributed by atoms with Crippen LogP contribution in [0.15, 0.2) is 12.1 Å². The molecular weight excluding hydrogens is 347 g/mol. The Morgan fingerprint density at radius 1 is 1.12 bits per heavy atom. The molecule has 0 aromatic heterocycles. The molecule has 2 atom stereocenters. The van der Waals surface area contributed by atoms with E-state index in [1.54, 1.807) is 0 Å². The Morgan fingerprint density at radius 3 is 2.15 bits per heavy atom. The third-order valence-electron chi connectivity index (χ3n) is 5.07. The van der Waals surface area contributed by atoms with Gasteiger partial charge >= 0.3 is 5.97 Å². The third-order valence-corrected chi connectivity index (χ3v) is 5.07. The second-order valence-corrected chi connectivity index (χ2v) is 7.18. The van der Waals surface area contributed by atoms with Crippen LogP contribution in [0.2, 0.25) is 0 Å². The number of aryl methyl sites for hydroxylation is 3. The molecule has 1 aromatic carbocycles. The molecule has 0 saturated heterocycles. The lowest BCUT2D eigenvalue weighted by atomic mass is 9.82. The highest BCUT2D eigenvalue weighted by Gasteiger charge is 2.38. The highest BCUT2D eigenvalue weighted by Crippen LogP contribution is 2.35. The Morgan fingerprint density at radius 2 is 1.65 bits per heavy atom. The summed E-state index contributed by atoms with van der Waals surface area (Å²) in [5.74, 6) is -0.866. The molecule has 1 fully saturated rings. The highest BCUT2D eigenvalue weighted by molar-refractivity contribution is 7.00. The van der Waals surface area contributed by atoms with Crippen LogP contribution in [-0.4, -0.2) is 18.4 Å². The van der Waals surface area contributed by atoms with E-state index in [-0.39, 0.29) is 17.7 Å². The fourth-order valence-corrected chi connectivity index (χ4v) is 3.94. The van der Waals surface area contributed by atoms with Crippen LogP contribution in [-0.2, 0) is 14.1 Å². The quantitative estimate of drug-likeness (QED) is 0.222. The zero-order chi connectivity index (χ0) is 19.7. The van der Waals surface area contributed by atoms with Crippen LogP contribution in [0.25, 0.3) is 0 Å². The number of esters is 1. The molecule has 0 spiro atoms. The zero-order valence-electron chi connectivity index (χ0n) is 16.6. The lowest BCUT2D eigenvalue weighted by Crippen LogP contribution is -2.33. The van der Waals surface area contributed by atoms with Gasteiger partial charge in [-0.3, -0.25) is 9.59 Å². The van der Waals surface area contributed by atoms with Crippen molar-refractivity contribution in [1.29, 1.82) is 0 Å². The molecule has 26 heavy (non-hydrogen) atoms. The summed E-state index contributed by atoms with van der Waals surface area (Å²) < 4.78 is 13.7. The molecule has 0 amide bonds. The summed E-state index contributed by atoms with van der Waals surface area (Å²) in [6, 6.07) is 4.04. The van der Waals surface area contributed by atoms with Gasteiger partial charge in [-0.2, -0.15) is 0 Å². The molecule has 0 bridgehead atoms. The molecular formula is C21H33O4P. The van der Waals surface area contributed by atoms with Gasteiger partial charge in [0.25, 0.3) is 0 Å². The van der Waals surface area contributed by atoms with Gasteiger partial charge < -0.3 is 9.30 Å². The summed E-state index contributed by atoms with van der Waals surface area (Å²) in [6.07, 6.45) is 5.92. The van der Waals surface area contributed by atoms with E-state index in [1.807, 2.05) is 32.9 Å². The van der Waals surface area contributed by atoms with E-state index in [2.05, 4.69) is 6.92 Å². The van der Waals surface area contributed by atoms with Gasteiger partial charge in [0.1, 0.15) is 5.92 Å². The summed E-state index contributed by atoms with van der Waals surface area (Å²) in [5.41, 5.74) is 3.78. The van der Waals surface area contributed by atoms with Crippen LogP contribution in [0.1, 0.15) is 72.5 Å². The topological polar surface area (TPSA) is 60.4 Å². The van der Waals surface area contributed by atoms with E-state index < -0.39 is 5.92 Å². The number of carbonyl (C=O) groups is 2. The van der Waals surface area contributed by atoms with Crippen LogP contribution in [0, 0.1) is 32.6 Å². The van der Waals surface area contributed by atoms with Crippen LogP contribution in [0.5, 0.6) is 0 Å². The summed E-state index contributed by atoms with van der Waals surface area (Å²) in [6.45, 7) is 8.43. The van der Waals surface area contributed by atoms with Crippen molar-refractivity contribution in [1.82, 2.24) is 0 Å². The average Bonchev–Trinajstić information content (AvgIpc) is 3.10. The average molecular weight is 380 g/mol. The molecule has 2 unspecified atom stereocenters. The van der Waals surface area contributed by atoms with Crippen molar-refractivity contribution in [3.8, 4) is 0 Å². The first-order valence-corrected chi connectivity index (χ1v) is 10.1. The molecule has 1 aromatic rings. The van der Waals surface area contributed by atoms with Crippen molar-refractivity contribution in [2.24, 2.45) is 11.8 Å². The number of unbranched alkanes of at least 4 members (excludes halogenated alkanes) is 1. The fourth-order valence-electron chi connectivity index (χ4n) is 3.94. The molecule has 0 radical (unpaired) electrons. The van der Waals surface area contributed by atoms with Crippen LogP contribution < -0.4 is 0 Å². The maximum absolute atomic E-state index is 13.3. The summed E-state index contributed by atoms with van der Waals surface area (Å²) in [4.78, 5) is 25.9. The Balaban J connectivity index is 0.00000163. The SMILES string of the molecule is CCCCOC(=O)C(C(=O)c1c(C)cc(C)cc1C)C1CCCC1.O=[PH3]. The smallest absolute Gasteiger partial charge is 0.317 e. The number of rotatable bonds is 7. The molecule has 1 aliphatic carbocycles. The molecule has 2 rings (SSSR count). The van der Waals surface area contributed by atoms with Gasteiger partial charge in [-0.1, -0.05) is 43.9 Å². The van der Waals surface area contributed by atoms with Gasteiger partial charge in [0.05, 0.1) is 15.7 Å². The van der Waals surface area contributed by atoms with E-state index in [1.165, 1.54) is 0 Å². The van der Waals surface area contributed by atoms with Crippen LogP contribution in [0.3, 0.4) is 0 Å². The van der Waals surface area contributed by atoms with Gasteiger partial charge in [-0.05, 0) is 57.1 Å². The first-order chi connectivity index (χ1) is 12.5. The lowest BCUT2D eigenvalue weighted by molar-refractivity contribution is -0.148. The summed E-state index contributed by atoms with van der Waals surface area (Å²) in [7, 11) is 0.611. The van der Waals surface area contributed by atoms with Crippen LogP contribution >= 0.6 is 9.12 Å². The number of hydrogen-bond donors (Lipinski definition) is 0. The van der Waals surface area contributed by atoms with Gasteiger partial charge in [0.2, 0.25) is 0 Å². The molecule has 1 saturated carbocycles. The Hall–Kier alpha value is -1.41. The van der Waals surface area contributed by atoms with E-state index in [0.717, 1.165) is 55.2 Å². The minimum absolute atomic E-state index is 0.0431. The third kappa shape index (κ3) is 5.81. The summed E-state index contributed by atoms with van der Waals surface area (Å²) in [5, 5.41) is 0. The highest BCUT2D eigenvalue weighted by atomic mass is 31.0. The number of Topliss-reactive ketones (excluding diaryl/α,β-unsaturated/α-hetero) is 1. The van der Waals surface area contributed by atoms with Crippen LogP contribution in [0.4, 0.5) is 0 Å². The molecule has 146 valence electrons. The van der Waals surface area contributed by atoms with E-state index in [9.17, 15) is 9.59 Å². The van der Waals surface area contributed by atoms with Crippen molar-refractivity contribution >= 4 is 20.9 Å². The van der Waals surface area contributed by atoms with Crippen molar-refractivity contribution in [3.05, 3.63) is 34.4 Å². The Labute approximate surface area is 159 Å². The molecule has 0 heterocycles. The number of ketones is 1. The van der Waals surface area contributed by atoms with E-state index in [0.29, 0.717) is 21.3 Å². The monoisotopic (exact) mass is 380 g/mol. The maximum Gasteiger partial charge on any atom is 0.317 e. The number of carbonyl (C=O) groups excluding carboxylic acids is 2. The maximum atomic E-state index is 13.3. The number of hydrogen-bond acceptors (Lipinski definition) is 4. The largest absolute Gasteiger partial charge is 0.465 e. The molecule has 1 aliphatic rings. The van der Waals surface area contributed by atoms with Crippen molar-refractivity contribution in [2.45, 2.75) is 66.2 Å². The zero-order valence-corrected chi connectivity index (χ0v) is 18.0. The van der Waals surface area contributed by atoms with Crippen molar-refractivity contribution in [3.63, 3.8) is 0 Å². The van der Waals surface area contributed by atoms with Crippen molar-refractivity contribution < 1.29 is 18.9 Å². The van der Waals surface area contributed by atoms with Gasteiger partial charge in [0, 0.05) is 5.56 Å². The minimum atomic E-state index is -0.635. The normalized spacial score (nSPS) is 15.2. The van der Waals surface area contributed by atoms with E-state index >= 15 is 0 Å². The molecule has 0 aliphatic heterocycles. The number of benzene rings is 1. The predicted molar refractivity (Wildman–Crippen MR) is 108 cm³/mol. The second-order valence-electron chi connectivity index (χ2n) is 7.18. The Kier molecular flexibility index (Phi) is 9.87.